The van der Waals surface area contributed by atoms with Crippen molar-refractivity contribution in [3.05, 3.63) is 64.5 Å². The highest BCUT2D eigenvalue weighted by atomic mass is 32.2. The van der Waals surface area contributed by atoms with E-state index < -0.39 is 8.07 Å². The van der Waals surface area contributed by atoms with Gasteiger partial charge in [0.25, 0.3) is 5.91 Å². The van der Waals surface area contributed by atoms with Crippen LogP contribution < -0.4 is 0 Å². The third kappa shape index (κ3) is 5.10. The molecule has 1 saturated heterocycles. The Balaban J connectivity index is 1.75. The minimum absolute atomic E-state index is 0.0812. The van der Waals surface area contributed by atoms with Crippen molar-refractivity contribution in [1.82, 2.24) is 4.90 Å². The molecule has 29 heavy (non-hydrogen) atoms. The summed E-state index contributed by atoms with van der Waals surface area (Å²) in [4.78, 5) is 15.0. The zero-order valence-electron chi connectivity index (χ0n) is 17.0. The summed E-state index contributed by atoms with van der Waals surface area (Å²) in [7, 11) is -1.51. The van der Waals surface area contributed by atoms with E-state index in [0.29, 0.717) is 27.3 Å². The summed E-state index contributed by atoms with van der Waals surface area (Å²) in [6.07, 6.45) is 1.76. The van der Waals surface area contributed by atoms with Crippen molar-refractivity contribution in [2.75, 3.05) is 0 Å². The van der Waals surface area contributed by atoms with Gasteiger partial charge in [0.2, 0.25) is 0 Å². The smallest absolute Gasteiger partial charge is 0.266 e. The first-order chi connectivity index (χ1) is 14.0. The lowest BCUT2D eigenvalue weighted by atomic mass is 10.2. The fourth-order valence-electron chi connectivity index (χ4n) is 3.24. The molecule has 0 N–H and O–H groups in total. The highest BCUT2D eigenvalue weighted by Gasteiger charge is 2.32. The molecule has 6 heteroatoms. The Kier molecular flexibility index (Phi) is 7.17. The van der Waals surface area contributed by atoms with E-state index in [1.165, 1.54) is 11.8 Å². The molecule has 2 heterocycles. The predicted molar refractivity (Wildman–Crippen MR) is 128 cm³/mol. The molecule has 0 bridgehead atoms. The van der Waals surface area contributed by atoms with E-state index in [1.54, 1.807) is 11.0 Å². The molecule has 1 aromatic heterocycles. The molecule has 0 unspecified atom stereocenters. The van der Waals surface area contributed by atoms with Crippen LogP contribution in [0.4, 0.5) is 0 Å². The van der Waals surface area contributed by atoms with Gasteiger partial charge in [-0.15, -0.1) is 5.54 Å². The van der Waals surface area contributed by atoms with Crippen molar-refractivity contribution in [3.8, 4) is 11.5 Å². The molecule has 1 aromatic carbocycles. The van der Waals surface area contributed by atoms with E-state index in [-0.39, 0.29) is 5.91 Å². The Bertz CT molecular complexity index is 973. The number of carbonyl (C=O) groups excluding carboxylic acids is 1. The van der Waals surface area contributed by atoms with Crippen LogP contribution in [0.2, 0.25) is 18.1 Å². The van der Waals surface area contributed by atoms with Crippen molar-refractivity contribution < 1.29 is 9.21 Å². The fourth-order valence-corrected chi connectivity index (χ4v) is 6.89. The van der Waals surface area contributed by atoms with E-state index in [0.717, 1.165) is 23.7 Å². The zero-order valence-corrected chi connectivity index (χ0v) is 19.7. The van der Waals surface area contributed by atoms with Gasteiger partial charge in [-0.25, -0.2) is 0 Å². The molecular formula is C23H25NO2S2Si. The minimum Gasteiger partial charge on any atom is -0.448 e. The SMILES string of the molecule is CC[Si](C#Cc1ccc(/C=C2\SC(=S)N(Cc3ccccc3)C2=O)o1)(CC)CC. The van der Waals surface area contributed by atoms with Crippen LogP contribution in [0, 0.1) is 11.5 Å². The number of benzene rings is 1. The summed E-state index contributed by atoms with van der Waals surface area (Å²) in [6, 6.07) is 17.1. The first kappa shape index (κ1) is 21.6. The van der Waals surface area contributed by atoms with Crippen molar-refractivity contribution in [1.29, 1.82) is 0 Å². The molecule has 0 radical (unpaired) electrons. The topological polar surface area (TPSA) is 33.5 Å². The van der Waals surface area contributed by atoms with Crippen LogP contribution in [-0.4, -0.2) is 23.2 Å². The van der Waals surface area contributed by atoms with Crippen molar-refractivity contribution in [2.45, 2.75) is 45.4 Å². The third-order valence-electron chi connectivity index (χ3n) is 5.44. The highest BCUT2D eigenvalue weighted by molar-refractivity contribution is 8.26. The maximum atomic E-state index is 12.8. The second kappa shape index (κ2) is 9.62. The molecule has 1 aliphatic heterocycles. The van der Waals surface area contributed by atoms with Crippen LogP contribution >= 0.6 is 24.0 Å². The maximum absolute atomic E-state index is 12.8. The lowest BCUT2D eigenvalue weighted by Crippen LogP contribution is -2.29. The molecule has 0 saturated carbocycles. The second-order valence-corrected chi connectivity index (χ2v) is 13.7. The molecule has 3 nitrogen and oxygen atoms in total. The summed E-state index contributed by atoms with van der Waals surface area (Å²) in [5.41, 5.74) is 4.58. The van der Waals surface area contributed by atoms with Gasteiger partial charge in [-0.3, -0.25) is 9.69 Å². The van der Waals surface area contributed by atoms with Gasteiger partial charge in [0.05, 0.1) is 11.4 Å². The van der Waals surface area contributed by atoms with E-state index in [9.17, 15) is 4.79 Å². The summed E-state index contributed by atoms with van der Waals surface area (Å²) in [5.74, 6) is 4.44. The second-order valence-electron chi connectivity index (χ2n) is 7.05. The van der Waals surface area contributed by atoms with Crippen molar-refractivity contribution >= 4 is 48.4 Å². The maximum Gasteiger partial charge on any atom is 0.266 e. The van der Waals surface area contributed by atoms with Gasteiger partial charge in [-0.1, -0.05) is 75.1 Å². The summed E-state index contributed by atoms with van der Waals surface area (Å²) >= 11 is 6.73. The Morgan fingerprint density at radius 2 is 1.79 bits per heavy atom. The Hall–Kier alpha value is -2.07. The average molecular weight is 440 g/mol. The molecule has 150 valence electrons. The predicted octanol–water partition coefficient (Wildman–Crippen LogP) is 6.08. The quantitative estimate of drug-likeness (QED) is 0.236. The van der Waals surface area contributed by atoms with Gasteiger partial charge in [-0.2, -0.15) is 0 Å². The molecule has 1 fully saturated rings. The molecule has 0 aliphatic carbocycles. The lowest BCUT2D eigenvalue weighted by Gasteiger charge is -2.19. The Morgan fingerprint density at radius 1 is 1.10 bits per heavy atom. The average Bonchev–Trinajstić information content (AvgIpc) is 3.30. The third-order valence-corrected chi connectivity index (χ3v) is 11.5. The van der Waals surface area contributed by atoms with E-state index in [1.807, 2.05) is 42.5 Å². The molecule has 0 spiro atoms. The number of nitrogens with zero attached hydrogens (tertiary/aromatic N) is 1. The van der Waals surface area contributed by atoms with Gasteiger partial charge in [-0.05, 0) is 41.7 Å². The van der Waals surface area contributed by atoms with Crippen molar-refractivity contribution in [3.63, 3.8) is 0 Å². The fraction of sp³-hybridized carbons (Fsp3) is 0.304. The van der Waals surface area contributed by atoms with Gasteiger partial charge in [0.15, 0.2) is 5.76 Å². The molecule has 1 amide bonds. The van der Waals surface area contributed by atoms with Gasteiger partial charge < -0.3 is 4.42 Å². The molecule has 2 aromatic rings. The molecule has 0 atom stereocenters. The van der Waals surface area contributed by atoms with Crippen LogP contribution in [0.25, 0.3) is 6.08 Å². The zero-order chi connectivity index (χ0) is 20.9. The summed E-state index contributed by atoms with van der Waals surface area (Å²) in [6.45, 7) is 7.19. The largest absolute Gasteiger partial charge is 0.448 e. The standard InChI is InChI=1S/C23H25NO2S2Si/c1-4-29(5-2,6-3)15-14-19-12-13-20(26-19)16-21-22(25)24(23(27)28-21)17-18-10-8-7-9-11-18/h7-13,16H,4-6,17H2,1-3H3/b21-16-. The number of amides is 1. The molecule has 1 aliphatic rings. The number of carbonyl (C=O) groups is 1. The number of thioether (sulfide) groups is 1. The van der Waals surface area contributed by atoms with Crippen LogP contribution in [0.5, 0.6) is 0 Å². The van der Waals surface area contributed by atoms with Gasteiger partial charge in [0.1, 0.15) is 18.2 Å². The number of hydrogen-bond acceptors (Lipinski definition) is 4. The number of thiocarbonyl (C=S) groups is 1. The Morgan fingerprint density at radius 3 is 2.45 bits per heavy atom. The Labute approximate surface area is 183 Å². The monoisotopic (exact) mass is 439 g/mol. The van der Waals surface area contributed by atoms with Gasteiger partial charge >= 0.3 is 0 Å². The first-order valence-electron chi connectivity index (χ1n) is 9.92. The summed E-state index contributed by atoms with van der Waals surface area (Å²) in [5, 5.41) is 0. The van der Waals surface area contributed by atoms with Crippen LogP contribution in [0.3, 0.4) is 0 Å². The summed E-state index contributed by atoms with van der Waals surface area (Å²) < 4.78 is 6.43. The minimum atomic E-state index is -1.51. The van der Waals surface area contributed by atoms with Crippen LogP contribution in [0.1, 0.15) is 37.9 Å². The number of furan rings is 1. The number of rotatable bonds is 6. The van der Waals surface area contributed by atoms with Gasteiger partial charge in [0, 0.05) is 6.08 Å². The van der Waals surface area contributed by atoms with Crippen LogP contribution in [-0.2, 0) is 11.3 Å². The van der Waals surface area contributed by atoms with E-state index in [2.05, 4.69) is 32.2 Å². The van der Waals surface area contributed by atoms with Crippen LogP contribution in [0.15, 0.2) is 51.8 Å². The molecular weight excluding hydrogens is 414 g/mol. The van der Waals surface area contributed by atoms with Crippen molar-refractivity contribution in [2.24, 2.45) is 0 Å². The normalized spacial score (nSPS) is 15.7. The highest BCUT2D eigenvalue weighted by Crippen LogP contribution is 2.33. The van der Waals surface area contributed by atoms with E-state index in [4.69, 9.17) is 16.6 Å². The first-order valence-corrected chi connectivity index (χ1v) is 13.8. The lowest BCUT2D eigenvalue weighted by molar-refractivity contribution is -0.122. The van der Waals surface area contributed by atoms with E-state index >= 15 is 0 Å². The molecule has 3 rings (SSSR count). The number of hydrogen-bond donors (Lipinski definition) is 0.